The van der Waals surface area contributed by atoms with Crippen LogP contribution in [0.4, 0.5) is 0 Å². The van der Waals surface area contributed by atoms with E-state index >= 15 is 0 Å². The van der Waals surface area contributed by atoms with E-state index in [0.717, 1.165) is 19.5 Å². The Balaban J connectivity index is 2.18. The molecule has 1 unspecified atom stereocenters. The largest absolute Gasteiger partial charge is 0.462 e. The van der Waals surface area contributed by atoms with Crippen LogP contribution in [0, 0.1) is 11.8 Å². The zero-order chi connectivity index (χ0) is 9.84. The Labute approximate surface area is 79.8 Å². The molecule has 0 aromatic rings. The smallest absolute Gasteiger partial charge is 0.311 e. The molecule has 0 aromatic carbocycles. The minimum absolute atomic E-state index is 0.0353. The second kappa shape index (κ2) is 4.61. The molecule has 76 valence electrons. The summed E-state index contributed by atoms with van der Waals surface area (Å²) in [7, 11) is 0. The summed E-state index contributed by atoms with van der Waals surface area (Å²) in [6.07, 6.45) is 1.01. The van der Waals surface area contributed by atoms with E-state index in [1.165, 1.54) is 0 Å². The number of esters is 1. The fraction of sp³-hybridized carbons (Fsp3) is 0.900. The second-order valence-corrected chi connectivity index (χ2v) is 4.23. The van der Waals surface area contributed by atoms with Gasteiger partial charge in [-0.3, -0.25) is 4.79 Å². The number of hydrogen-bond donors (Lipinski definition) is 1. The van der Waals surface area contributed by atoms with Gasteiger partial charge in [-0.1, -0.05) is 13.8 Å². The van der Waals surface area contributed by atoms with Gasteiger partial charge in [-0.15, -0.1) is 0 Å². The average Bonchev–Trinajstić information content (AvgIpc) is 1.78. The Bertz CT molecular complexity index is 176. The van der Waals surface area contributed by atoms with E-state index in [-0.39, 0.29) is 18.0 Å². The molecular formula is C10H19NO2. The van der Waals surface area contributed by atoms with E-state index < -0.39 is 0 Å². The van der Waals surface area contributed by atoms with Crippen molar-refractivity contribution in [1.29, 1.82) is 0 Å². The van der Waals surface area contributed by atoms with Crippen LogP contribution in [0.25, 0.3) is 0 Å². The van der Waals surface area contributed by atoms with Gasteiger partial charge in [0.25, 0.3) is 0 Å². The van der Waals surface area contributed by atoms with Gasteiger partial charge in [0.2, 0.25) is 0 Å². The van der Waals surface area contributed by atoms with Crippen molar-refractivity contribution in [2.45, 2.75) is 33.3 Å². The molecule has 1 fully saturated rings. The lowest BCUT2D eigenvalue weighted by molar-refractivity contribution is -0.155. The average molecular weight is 185 g/mol. The first kappa shape index (κ1) is 10.5. The Kier molecular flexibility index (Phi) is 3.72. The molecule has 0 bridgehead atoms. The van der Waals surface area contributed by atoms with E-state index in [0.29, 0.717) is 5.92 Å². The highest BCUT2D eigenvalue weighted by Crippen LogP contribution is 2.12. The summed E-state index contributed by atoms with van der Waals surface area (Å²) < 4.78 is 5.29. The van der Waals surface area contributed by atoms with Gasteiger partial charge in [0.05, 0.1) is 12.0 Å². The van der Waals surface area contributed by atoms with Gasteiger partial charge in [0.15, 0.2) is 0 Å². The van der Waals surface area contributed by atoms with E-state index in [1.807, 2.05) is 6.92 Å². The van der Waals surface area contributed by atoms with Crippen LogP contribution in [0.5, 0.6) is 0 Å². The Morgan fingerprint density at radius 1 is 1.46 bits per heavy atom. The fourth-order valence-electron chi connectivity index (χ4n) is 1.46. The van der Waals surface area contributed by atoms with E-state index in [9.17, 15) is 4.79 Å². The molecule has 0 radical (unpaired) electrons. The van der Waals surface area contributed by atoms with Crippen molar-refractivity contribution in [3.63, 3.8) is 0 Å². The summed E-state index contributed by atoms with van der Waals surface area (Å²) in [5, 5.41) is 3.06. The van der Waals surface area contributed by atoms with Gasteiger partial charge in [-0.05, 0) is 19.3 Å². The highest BCUT2D eigenvalue weighted by atomic mass is 16.5. The van der Waals surface area contributed by atoms with Crippen LogP contribution in [0.3, 0.4) is 0 Å². The summed E-state index contributed by atoms with van der Waals surface area (Å²) >= 11 is 0. The van der Waals surface area contributed by atoms with Gasteiger partial charge in [0, 0.05) is 13.1 Å². The van der Waals surface area contributed by atoms with Gasteiger partial charge in [0.1, 0.15) is 0 Å². The number of carbonyl (C=O) groups is 1. The Morgan fingerprint density at radius 2 is 2.08 bits per heavy atom. The van der Waals surface area contributed by atoms with Gasteiger partial charge in [-0.2, -0.15) is 0 Å². The predicted octanol–water partition coefficient (Wildman–Crippen LogP) is 1.18. The summed E-state index contributed by atoms with van der Waals surface area (Å²) in [6, 6.07) is 0. The Morgan fingerprint density at radius 3 is 2.46 bits per heavy atom. The van der Waals surface area contributed by atoms with E-state index in [4.69, 9.17) is 4.74 Å². The van der Waals surface area contributed by atoms with Gasteiger partial charge < -0.3 is 10.1 Å². The fourth-order valence-corrected chi connectivity index (χ4v) is 1.46. The molecule has 1 saturated heterocycles. The van der Waals surface area contributed by atoms with Crippen molar-refractivity contribution in [3.05, 3.63) is 0 Å². The molecule has 1 heterocycles. The van der Waals surface area contributed by atoms with Crippen LogP contribution < -0.4 is 5.32 Å². The molecule has 0 aromatic heterocycles. The third-order valence-electron chi connectivity index (χ3n) is 2.24. The lowest BCUT2D eigenvalue weighted by Crippen LogP contribution is -2.47. The highest BCUT2D eigenvalue weighted by molar-refractivity contribution is 5.74. The van der Waals surface area contributed by atoms with Crippen LogP contribution in [-0.4, -0.2) is 25.2 Å². The van der Waals surface area contributed by atoms with E-state index in [1.54, 1.807) is 0 Å². The molecular weight excluding hydrogens is 166 g/mol. The van der Waals surface area contributed by atoms with Crippen LogP contribution in [0.15, 0.2) is 0 Å². The maximum atomic E-state index is 11.4. The summed E-state index contributed by atoms with van der Waals surface area (Å²) in [6.45, 7) is 7.80. The standard InChI is InChI=1S/C10H19NO2/c1-7(2)4-8(3)13-10(12)9-5-11-6-9/h7-9,11H,4-6H2,1-3H3. The summed E-state index contributed by atoms with van der Waals surface area (Å²) in [5.74, 6) is 0.656. The van der Waals surface area contributed by atoms with Gasteiger partial charge >= 0.3 is 5.97 Å². The van der Waals surface area contributed by atoms with E-state index in [2.05, 4.69) is 19.2 Å². The van der Waals surface area contributed by atoms with Gasteiger partial charge in [-0.25, -0.2) is 0 Å². The Hall–Kier alpha value is -0.570. The first-order valence-electron chi connectivity index (χ1n) is 5.00. The van der Waals surface area contributed by atoms with Crippen molar-refractivity contribution in [2.75, 3.05) is 13.1 Å². The number of ether oxygens (including phenoxy) is 1. The molecule has 1 atom stereocenters. The zero-order valence-electron chi connectivity index (χ0n) is 8.67. The highest BCUT2D eigenvalue weighted by Gasteiger charge is 2.27. The molecule has 1 aliphatic heterocycles. The molecule has 3 heteroatoms. The number of hydrogen-bond acceptors (Lipinski definition) is 3. The first-order valence-corrected chi connectivity index (χ1v) is 5.00. The predicted molar refractivity (Wildman–Crippen MR) is 51.4 cm³/mol. The monoisotopic (exact) mass is 185 g/mol. The maximum absolute atomic E-state index is 11.4. The molecule has 0 amide bonds. The van der Waals surface area contributed by atoms with Crippen LogP contribution in [0.2, 0.25) is 0 Å². The van der Waals surface area contributed by atoms with Crippen molar-refractivity contribution in [2.24, 2.45) is 11.8 Å². The third-order valence-corrected chi connectivity index (χ3v) is 2.24. The first-order chi connectivity index (χ1) is 6.09. The van der Waals surface area contributed by atoms with Crippen LogP contribution >= 0.6 is 0 Å². The lowest BCUT2D eigenvalue weighted by Gasteiger charge is -2.27. The molecule has 1 aliphatic rings. The van der Waals surface area contributed by atoms with Crippen molar-refractivity contribution in [3.8, 4) is 0 Å². The molecule has 0 aliphatic carbocycles. The molecule has 3 nitrogen and oxygen atoms in total. The molecule has 1 N–H and O–H groups in total. The zero-order valence-corrected chi connectivity index (χ0v) is 8.67. The number of carbonyl (C=O) groups excluding carboxylic acids is 1. The topological polar surface area (TPSA) is 38.3 Å². The number of nitrogens with one attached hydrogen (secondary N) is 1. The number of rotatable bonds is 4. The van der Waals surface area contributed by atoms with Crippen LogP contribution in [-0.2, 0) is 9.53 Å². The third kappa shape index (κ3) is 3.35. The maximum Gasteiger partial charge on any atom is 0.311 e. The van der Waals surface area contributed by atoms with Crippen molar-refractivity contribution < 1.29 is 9.53 Å². The minimum atomic E-state index is -0.0353. The second-order valence-electron chi connectivity index (χ2n) is 4.23. The SMILES string of the molecule is CC(C)CC(C)OC(=O)C1CNC1. The van der Waals surface area contributed by atoms with Crippen molar-refractivity contribution in [1.82, 2.24) is 5.32 Å². The quantitative estimate of drug-likeness (QED) is 0.668. The molecule has 0 spiro atoms. The minimum Gasteiger partial charge on any atom is -0.462 e. The summed E-state index contributed by atoms with van der Waals surface area (Å²) in [5.41, 5.74) is 0. The molecule has 13 heavy (non-hydrogen) atoms. The van der Waals surface area contributed by atoms with Crippen LogP contribution in [0.1, 0.15) is 27.2 Å². The van der Waals surface area contributed by atoms with Crippen molar-refractivity contribution >= 4 is 5.97 Å². The molecule has 0 saturated carbocycles. The summed E-state index contributed by atoms with van der Waals surface area (Å²) in [4.78, 5) is 11.4. The normalized spacial score (nSPS) is 19.7. The molecule has 1 rings (SSSR count). The lowest BCUT2D eigenvalue weighted by atomic mass is 10.0.